The fraction of sp³-hybridized carbons (Fsp3) is 1.00. The summed E-state index contributed by atoms with van der Waals surface area (Å²) < 4.78 is 0. The Morgan fingerprint density at radius 2 is 2.06 bits per heavy atom. The Balaban J connectivity index is 2.49. The molecule has 2 N–H and O–H groups in total. The molecule has 102 valence electrons. The zero-order chi connectivity index (χ0) is 12.7. The van der Waals surface area contributed by atoms with Crippen molar-refractivity contribution in [2.45, 2.75) is 46.1 Å². The smallest absolute Gasteiger partial charge is 0.0558 e. The molecule has 0 radical (unpaired) electrons. The Kier molecular flexibility index (Phi) is 7.09. The molecule has 0 aromatic heterocycles. The van der Waals surface area contributed by atoms with Gasteiger partial charge >= 0.3 is 0 Å². The van der Waals surface area contributed by atoms with Crippen molar-refractivity contribution in [3.05, 3.63) is 0 Å². The van der Waals surface area contributed by atoms with E-state index in [4.69, 9.17) is 5.11 Å². The van der Waals surface area contributed by atoms with E-state index in [0.29, 0.717) is 6.04 Å². The number of nitrogens with zero attached hydrogens (tertiary/aromatic N) is 1. The van der Waals surface area contributed by atoms with Gasteiger partial charge in [-0.3, -0.25) is 0 Å². The maximum absolute atomic E-state index is 9.06. The first-order valence-electron chi connectivity index (χ1n) is 7.27. The monoisotopic (exact) mass is 242 g/mol. The zero-order valence-corrected chi connectivity index (χ0v) is 11.8. The van der Waals surface area contributed by atoms with Crippen molar-refractivity contribution < 1.29 is 5.11 Å². The molecule has 1 aliphatic carbocycles. The van der Waals surface area contributed by atoms with Crippen LogP contribution < -0.4 is 5.32 Å². The molecular formula is C14H30N2O. The van der Waals surface area contributed by atoms with Gasteiger partial charge in [-0.2, -0.15) is 0 Å². The number of likely N-dealkylation sites (N-methyl/N-ethyl adjacent to an activating group) is 1. The average molecular weight is 242 g/mol. The molecule has 0 heterocycles. The van der Waals surface area contributed by atoms with E-state index in [1.54, 1.807) is 0 Å². The number of aliphatic hydroxyl groups excluding tert-OH is 1. The highest BCUT2D eigenvalue weighted by Gasteiger charge is 2.28. The molecule has 0 bridgehead atoms. The van der Waals surface area contributed by atoms with E-state index in [1.165, 1.54) is 19.3 Å². The minimum Gasteiger partial charge on any atom is -0.395 e. The van der Waals surface area contributed by atoms with Crippen LogP contribution in [0.3, 0.4) is 0 Å². The lowest BCUT2D eigenvalue weighted by Crippen LogP contribution is -2.46. The molecular weight excluding hydrogens is 212 g/mol. The Morgan fingerprint density at radius 1 is 1.29 bits per heavy atom. The summed E-state index contributed by atoms with van der Waals surface area (Å²) in [5.74, 6) is 1.62. The SMILES string of the molecule is CCNC1CCC(C)CC1CN(CC)CCO. The molecule has 3 heteroatoms. The van der Waals surface area contributed by atoms with Gasteiger partial charge in [-0.05, 0) is 44.2 Å². The van der Waals surface area contributed by atoms with Crippen molar-refractivity contribution in [3.63, 3.8) is 0 Å². The fourth-order valence-electron chi connectivity index (χ4n) is 3.08. The van der Waals surface area contributed by atoms with E-state index in [9.17, 15) is 0 Å². The summed E-state index contributed by atoms with van der Waals surface area (Å²) in [5, 5.41) is 12.7. The highest BCUT2D eigenvalue weighted by Crippen LogP contribution is 2.29. The van der Waals surface area contributed by atoms with Crippen LogP contribution in [0.1, 0.15) is 40.0 Å². The first kappa shape index (κ1) is 14.9. The van der Waals surface area contributed by atoms with Gasteiger partial charge in [0.1, 0.15) is 0 Å². The summed E-state index contributed by atoms with van der Waals surface area (Å²) >= 11 is 0. The summed E-state index contributed by atoms with van der Waals surface area (Å²) in [6.07, 6.45) is 4.01. The van der Waals surface area contributed by atoms with Gasteiger partial charge in [0.05, 0.1) is 6.61 Å². The van der Waals surface area contributed by atoms with Gasteiger partial charge in [-0.1, -0.05) is 20.8 Å². The van der Waals surface area contributed by atoms with E-state index in [2.05, 4.69) is 31.0 Å². The van der Waals surface area contributed by atoms with Gasteiger partial charge in [-0.15, -0.1) is 0 Å². The van der Waals surface area contributed by atoms with Gasteiger partial charge in [0.25, 0.3) is 0 Å². The molecule has 1 saturated carbocycles. The first-order chi connectivity index (χ1) is 8.21. The van der Waals surface area contributed by atoms with Crippen molar-refractivity contribution in [2.75, 3.05) is 32.8 Å². The first-order valence-corrected chi connectivity index (χ1v) is 7.27. The molecule has 1 aliphatic rings. The number of rotatable bonds is 7. The van der Waals surface area contributed by atoms with Gasteiger partial charge < -0.3 is 15.3 Å². The lowest BCUT2D eigenvalue weighted by atomic mass is 9.78. The Morgan fingerprint density at radius 3 is 2.65 bits per heavy atom. The summed E-state index contributed by atoms with van der Waals surface area (Å²) in [7, 11) is 0. The maximum Gasteiger partial charge on any atom is 0.0558 e. The summed E-state index contributed by atoms with van der Waals surface area (Å²) in [4.78, 5) is 2.38. The van der Waals surface area contributed by atoms with Gasteiger partial charge in [-0.25, -0.2) is 0 Å². The molecule has 0 aliphatic heterocycles. The second kappa shape index (κ2) is 8.06. The second-order valence-electron chi connectivity index (χ2n) is 5.46. The predicted molar refractivity (Wildman–Crippen MR) is 73.2 cm³/mol. The van der Waals surface area contributed by atoms with Crippen LogP contribution in [0.2, 0.25) is 0 Å². The van der Waals surface area contributed by atoms with Crippen LogP contribution in [-0.4, -0.2) is 48.8 Å². The molecule has 0 spiro atoms. The minimum absolute atomic E-state index is 0.280. The van der Waals surface area contributed by atoms with Gasteiger partial charge in [0, 0.05) is 19.1 Å². The standard InChI is InChI=1S/C14H30N2O/c1-4-15-14-7-6-12(3)10-13(14)11-16(5-2)8-9-17/h12-15,17H,4-11H2,1-3H3. The summed E-state index contributed by atoms with van der Waals surface area (Å²) in [6, 6.07) is 0.684. The molecule has 0 aromatic rings. The molecule has 1 rings (SSSR count). The van der Waals surface area contributed by atoms with E-state index in [0.717, 1.165) is 38.0 Å². The topological polar surface area (TPSA) is 35.5 Å². The third kappa shape index (κ3) is 4.94. The van der Waals surface area contributed by atoms with Crippen LogP contribution in [0, 0.1) is 11.8 Å². The number of aliphatic hydroxyl groups is 1. The lowest BCUT2D eigenvalue weighted by Gasteiger charge is -2.38. The van der Waals surface area contributed by atoms with Crippen LogP contribution in [-0.2, 0) is 0 Å². The number of hydrogen-bond donors (Lipinski definition) is 2. The minimum atomic E-state index is 0.280. The Bertz CT molecular complexity index is 199. The number of hydrogen-bond acceptors (Lipinski definition) is 3. The van der Waals surface area contributed by atoms with Crippen molar-refractivity contribution in [1.29, 1.82) is 0 Å². The van der Waals surface area contributed by atoms with Crippen LogP contribution >= 0.6 is 0 Å². The van der Waals surface area contributed by atoms with Crippen LogP contribution in [0.25, 0.3) is 0 Å². The Labute approximate surface area is 107 Å². The highest BCUT2D eigenvalue weighted by molar-refractivity contribution is 4.85. The third-order valence-electron chi connectivity index (χ3n) is 4.07. The largest absolute Gasteiger partial charge is 0.395 e. The van der Waals surface area contributed by atoms with E-state index in [-0.39, 0.29) is 6.61 Å². The van der Waals surface area contributed by atoms with Gasteiger partial charge in [0.15, 0.2) is 0 Å². The lowest BCUT2D eigenvalue weighted by molar-refractivity contribution is 0.130. The Hall–Kier alpha value is -0.120. The molecule has 17 heavy (non-hydrogen) atoms. The molecule has 3 atom stereocenters. The van der Waals surface area contributed by atoms with Crippen molar-refractivity contribution in [3.8, 4) is 0 Å². The van der Waals surface area contributed by atoms with Crippen molar-refractivity contribution in [2.24, 2.45) is 11.8 Å². The molecule has 0 saturated heterocycles. The average Bonchev–Trinajstić information content (AvgIpc) is 2.32. The normalized spacial score (nSPS) is 29.8. The summed E-state index contributed by atoms with van der Waals surface area (Å²) in [6.45, 7) is 11.1. The van der Waals surface area contributed by atoms with Gasteiger partial charge in [0.2, 0.25) is 0 Å². The fourth-order valence-corrected chi connectivity index (χ4v) is 3.08. The maximum atomic E-state index is 9.06. The van der Waals surface area contributed by atoms with E-state index in [1.807, 2.05) is 0 Å². The van der Waals surface area contributed by atoms with E-state index >= 15 is 0 Å². The van der Waals surface area contributed by atoms with Crippen molar-refractivity contribution >= 4 is 0 Å². The zero-order valence-electron chi connectivity index (χ0n) is 11.8. The predicted octanol–water partition coefficient (Wildman–Crippen LogP) is 1.71. The van der Waals surface area contributed by atoms with Crippen LogP contribution in [0.4, 0.5) is 0 Å². The van der Waals surface area contributed by atoms with Crippen LogP contribution in [0.5, 0.6) is 0 Å². The molecule has 0 aromatic carbocycles. The van der Waals surface area contributed by atoms with Crippen molar-refractivity contribution in [1.82, 2.24) is 10.2 Å². The van der Waals surface area contributed by atoms with Crippen LogP contribution in [0.15, 0.2) is 0 Å². The third-order valence-corrected chi connectivity index (χ3v) is 4.07. The quantitative estimate of drug-likeness (QED) is 0.713. The number of nitrogens with one attached hydrogen (secondary N) is 1. The van der Waals surface area contributed by atoms with E-state index < -0.39 is 0 Å². The second-order valence-corrected chi connectivity index (χ2v) is 5.46. The molecule has 3 nitrogen and oxygen atoms in total. The molecule has 0 amide bonds. The highest BCUT2D eigenvalue weighted by atomic mass is 16.3. The summed E-state index contributed by atoms with van der Waals surface area (Å²) in [5.41, 5.74) is 0. The molecule has 3 unspecified atom stereocenters. The molecule has 1 fully saturated rings.